The standard InChI is InChI=1S/C24H25N3O4/c1-14(2)17-6-4-5-7-18(17)25-20(28)12-27-19-13-31-23(29)21(19)22(26-24(27)30)16-10-8-15(3)9-11-16/h4-11,14,22H,12-13H2,1-3H3,(H,25,28)(H,26,30)/t22-/m0/s1. The maximum absolute atomic E-state index is 12.9. The molecular weight excluding hydrogens is 394 g/mol. The van der Waals surface area contributed by atoms with E-state index in [0.717, 1.165) is 16.7 Å². The Labute approximate surface area is 181 Å². The number of urea groups is 1. The Hall–Kier alpha value is -3.61. The number of esters is 1. The summed E-state index contributed by atoms with van der Waals surface area (Å²) >= 11 is 0. The van der Waals surface area contributed by atoms with Crippen molar-refractivity contribution in [2.45, 2.75) is 32.7 Å². The molecule has 2 aliphatic heterocycles. The summed E-state index contributed by atoms with van der Waals surface area (Å²) in [6.07, 6.45) is 0. The Bertz CT molecular complexity index is 1070. The molecule has 2 aromatic carbocycles. The Morgan fingerprint density at radius 3 is 2.58 bits per heavy atom. The number of hydrogen-bond acceptors (Lipinski definition) is 4. The zero-order chi connectivity index (χ0) is 22.1. The summed E-state index contributed by atoms with van der Waals surface area (Å²) in [4.78, 5) is 39.4. The van der Waals surface area contributed by atoms with Crippen molar-refractivity contribution < 1.29 is 19.1 Å². The number of para-hydroxylation sites is 1. The van der Waals surface area contributed by atoms with Gasteiger partial charge < -0.3 is 15.4 Å². The second-order valence-corrected chi connectivity index (χ2v) is 8.11. The number of anilines is 1. The first-order valence-corrected chi connectivity index (χ1v) is 10.3. The molecule has 160 valence electrons. The van der Waals surface area contributed by atoms with E-state index in [1.54, 1.807) is 0 Å². The van der Waals surface area contributed by atoms with Crippen molar-refractivity contribution >= 4 is 23.6 Å². The number of rotatable bonds is 5. The molecule has 31 heavy (non-hydrogen) atoms. The lowest BCUT2D eigenvalue weighted by Crippen LogP contribution is -2.49. The SMILES string of the molecule is Cc1ccc([C@@H]2NC(=O)N(CC(=O)Nc3ccccc3C(C)C)C3=C2C(=O)OC3)cc1. The highest BCUT2D eigenvalue weighted by Gasteiger charge is 2.42. The summed E-state index contributed by atoms with van der Waals surface area (Å²) in [7, 11) is 0. The Balaban J connectivity index is 1.59. The minimum atomic E-state index is -0.598. The van der Waals surface area contributed by atoms with Gasteiger partial charge in [0.05, 0.1) is 17.3 Å². The van der Waals surface area contributed by atoms with E-state index in [-0.39, 0.29) is 25.0 Å². The fraction of sp³-hybridized carbons (Fsp3) is 0.292. The van der Waals surface area contributed by atoms with Gasteiger partial charge >= 0.3 is 12.0 Å². The third-order valence-corrected chi connectivity index (χ3v) is 5.57. The van der Waals surface area contributed by atoms with Gasteiger partial charge in [0, 0.05) is 5.69 Å². The van der Waals surface area contributed by atoms with Gasteiger partial charge in [-0.2, -0.15) is 0 Å². The number of aryl methyl sites for hydroxylation is 1. The number of carbonyl (C=O) groups excluding carboxylic acids is 3. The molecule has 0 aromatic heterocycles. The van der Waals surface area contributed by atoms with Gasteiger partial charge in [0.15, 0.2) is 0 Å². The minimum absolute atomic E-state index is 0.0280. The van der Waals surface area contributed by atoms with E-state index < -0.39 is 18.0 Å². The first-order valence-electron chi connectivity index (χ1n) is 10.3. The predicted molar refractivity (Wildman–Crippen MR) is 116 cm³/mol. The molecule has 2 aromatic rings. The second-order valence-electron chi connectivity index (χ2n) is 8.11. The highest BCUT2D eigenvalue weighted by Crippen LogP contribution is 2.35. The van der Waals surface area contributed by atoms with Crippen LogP contribution in [0.4, 0.5) is 10.5 Å². The summed E-state index contributed by atoms with van der Waals surface area (Å²) < 4.78 is 5.23. The first-order chi connectivity index (χ1) is 14.8. The Morgan fingerprint density at radius 2 is 1.87 bits per heavy atom. The molecule has 0 bridgehead atoms. The molecule has 7 heteroatoms. The van der Waals surface area contributed by atoms with Crippen LogP contribution in [0.25, 0.3) is 0 Å². The lowest BCUT2D eigenvalue weighted by Gasteiger charge is -2.32. The Morgan fingerprint density at radius 1 is 1.16 bits per heavy atom. The van der Waals surface area contributed by atoms with Crippen molar-refractivity contribution in [3.05, 3.63) is 76.5 Å². The van der Waals surface area contributed by atoms with Crippen molar-refractivity contribution in [2.75, 3.05) is 18.5 Å². The van der Waals surface area contributed by atoms with E-state index in [1.807, 2.05) is 69.3 Å². The van der Waals surface area contributed by atoms with E-state index in [0.29, 0.717) is 17.0 Å². The van der Waals surface area contributed by atoms with Crippen molar-refractivity contribution in [1.29, 1.82) is 0 Å². The van der Waals surface area contributed by atoms with Crippen LogP contribution >= 0.6 is 0 Å². The zero-order valence-corrected chi connectivity index (χ0v) is 17.8. The molecular formula is C24H25N3O4. The van der Waals surface area contributed by atoms with Crippen molar-refractivity contribution in [3.63, 3.8) is 0 Å². The predicted octanol–water partition coefficient (Wildman–Crippen LogP) is 3.63. The van der Waals surface area contributed by atoms with Gasteiger partial charge in [0.25, 0.3) is 0 Å². The van der Waals surface area contributed by atoms with Gasteiger partial charge in [0.1, 0.15) is 13.2 Å². The third-order valence-electron chi connectivity index (χ3n) is 5.57. The van der Waals surface area contributed by atoms with Crippen LogP contribution in [0, 0.1) is 6.92 Å². The normalized spacial score (nSPS) is 18.1. The van der Waals surface area contributed by atoms with E-state index in [9.17, 15) is 14.4 Å². The average Bonchev–Trinajstić information content (AvgIpc) is 3.12. The highest BCUT2D eigenvalue weighted by molar-refractivity contribution is 6.00. The van der Waals surface area contributed by atoms with Crippen LogP contribution in [0.15, 0.2) is 59.8 Å². The molecule has 0 spiro atoms. The number of hydrogen-bond donors (Lipinski definition) is 2. The number of ether oxygens (including phenoxy) is 1. The summed E-state index contributed by atoms with van der Waals surface area (Å²) in [6.45, 7) is 5.82. The number of nitrogens with zero attached hydrogens (tertiary/aromatic N) is 1. The average molecular weight is 419 g/mol. The van der Waals surface area contributed by atoms with Crippen molar-refractivity contribution in [1.82, 2.24) is 10.2 Å². The van der Waals surface area contributed by atoms with E-state index >= 15 is 0 Å². The number of cyclic esters (lactones) is 1. The quantitative estimate of drug-likeness (QED) is 0.725. The molecule has 0 saturated heterocycles. The smallest absolute Gasteiger partial charge is 0.338 e. The van der Waals surface area contributed by atoms with Gasteiger partial charge in [-0.3, -0.25) is 9.69 Å². The van der Waals surface area contributed by atoms with Gasteiger partial charge in [-0.05, 0) is 30.0 Å². The third kappa shape index (κ3) is 4.03. The van der Waals surface area contributed by atoms with Crippen molar-refractivity contribution in [3.8, 4) is 0 Å². The van der Waals surface area contributed by atoms with Crippen LogP contribution in [0.5, 0.6) is 0 Å². The topological polar surface area (TPSA) is 87.7 Å². The number of nitrogens with one attached hydrogen (secondary N) is 2. The Kier molecular flexibility index (Phi) is 5.50. The monoisotopic (exact) mass is 419 g/mol. The summed E-state index contributed by atoms with van der Waals surface area (Å²) in [5.74, 6) is -0.584. The van der Waals surface area contributed by atoms with Gasteiger partial charge in [-0.25, -0.2) is 9.59 Å². The number of benzene rings is 2. The minimum Gasteiger partial charge on any atom is -0.456 e. The molecule has 4 rings (SSSR count). The van der Waals surface area contributed by atoms with Crippen LogP contribution in [0.3, 0.4) is 0 Å². The zero-order valence-electron chi connectivity index (χ0n) is 17.8. The molecule has 0 saturated carbocycles. The maximum atomic E-state index is 12.9. The molecule has 0 aliphatic carbocycles. The summed E-state index contributed by atoms with van der Waals surface area (Å²) in [5, 5.41) is 5.74. The van der Waals surface area contributed by atoms with E-state index in [1.165, 1.54) is 4.90 Å². The van der Waals surface area contributed by atoms with Crippen LogP contribution < -0.4 is 10.6 Å². The number of carbonyl (C=O) groups is 3. The molecule has 0 fully saturated rings. The highest BCUT2D eigenvalue weighted by atomic mass is 16.5. The molecule has 2 heterocycles. The van der Waals surface area contributed by atoms with Gasteiger partial charge in [-0.15, -0.1) is 0 Å². The molecule has 2 N–H and O–H groups in total. The van der Waals surface area contributed by atoms with Gasteiger partial charge in [-0.1, -0.05) is 61.9 Å². The summed E-state index contributed by atoms with van der Waals surface area (Å²) in [5.41, 5.74) is 4.41. The lowest BCUT2D eigenvalue weighted by atomic mass is 9.95. The van der Waals surface area contributed by atoms with Crippen LogP contribution in [0.1, 0.15) is 42.5 Å². The molecule has 0 radical (unpaired) electrons. The molecule has 1 atom stereocenters. The first kappa shape index (κ1) is 20.7. The second kappa shape index (κ2) is 8.26. The largest absolute Gasteiger partial charge is 0.456 e. The van der Waals surface area contributed by atoms with Crippen LogP contribution in [-0.4, -0.2) is 36.0 Å². The van der Waals surface area contributed by atoms with Gasteiger partial charge in [0.2, 0.25) is 5.91 Å². The van der Waals surface area contributed by atoms with Crippen molar-refractivity contribution in [2.24, 2.45) is 0 Å². The van der Waals surface area contributed by atoms with E-state index in [2.05, 4.69) is 10.6 Å². The number of amides is 3. The lowest BCUT2D eigenvalue weighted by molar-refractivity contribution is -0.136. The fourth-order valence-corrected chi connectivity index (χ4v) is 3.93. The molecule has 3 amide bonds. The van der Waals surface area contributed by atoms with E-state index in [4.69, 9.17) is 4.74 Å². The molecule has 2 aliphatic rings. The molecule has 7 nitrogen and oxygen atoms in total. The van der Waals surface area contributed by atoms with Crippen LogP contribution in [-0.2, 0) is 14.3 Å². The fourth-order valence-electron chi connectivity index (χ4n) is 3.93. The summed E-state index contributed by atoms with van der Waals surface area (Å²) in [6, 6.07) is 14.1. The van der Waals surface area contributed by atoms with Crippen LogP contribution in [0.2, 0.25) is 0 Å². The molecule has 0 unspecified atom stereocenters. The maximum Gasteiger partial charge on any atom is 0.338 e.